The molecule has 0 unspecified atom stereocenters. The van der Waals surface area contributed by atoms with Crippen LogP contribution in [0.15, 0.2) is 24.0 Å². The monoisotopic (exact) mass is 327 g/mol. The van der Waals surface area contributed by atoms with Gasteiger partial charge in [0.05, 0.1) is 16.1 Å². The minimum atomic E-state index is -1.08. The number of allylic oxidation sites excluding steroid dienone is 1. The lowest BCUT2D eigenvalue weighted by Crippen LogP contribution is -2.45. The normalized spacial score (nSPS) is 19.1. The Morgan fingerprint density at radius 2 is 1.90 bits per heavy atom. The Labute approximate surface area is 132 Å². The zero-order chi connectivity index (χ0) is 15.6. The molecule has 1 aliphatic rings. The Kier molecular flexibility index (Phi) is 4.71. The van der Waals surface area contributed by atoms with Gasteiger partial charge in [0.15, 0.2) is 6.29 Å². The molecule has 2 rings (SSSR count). The van der Waals surface area contributed by atoms with Crippen LogP contribution in [0.2, 0.25) is 10.0 Å². The maximum Gasteiger partial charge on any atom is 0.154 e. The number of ketones is 1. The molecule has 0 aliphatic heterocycles. The van der Waals surface area contributed by atoms with Crippen molar-refractivity contribution < 1.29 is 14.7 Å². The molecule has 1 fully saturated rings. The molecule has 0 amide bonds. The standard InChI is InChI=1S/C15H15Cl2NO3/c16-9-1-2-11(13(17)7-9)12(8-19)14(21)15(18)5-3-10(20)4-6-15/h1-2,7-8,21H,3-6,18H2/b14-12-. The number of rotatable bonds is 3. The molecule has 0 heterocycles. The highest BCUT2D eigenvalue weighted by Crippen LogP contribution is 2.35. The van der Waals surface area contributed by atoms with Gasteiger partial charge >= 0.3 is 0 Å². The molecule has 0 saturated heterocycles. The first kappa shape index (κ1) is 16.0. The summed E-state index contributed by atoms with van der Waals surface area (Å²) in [7, 11) is 0. The van der Waals surface area contributed by atoms with E-state index in [1.807, 2.05) is 0 Å². The number of aliphatic hydroxyl groups excluding tert-OH is 1. The van der Waals surface area contributed by atoms with E-state index in [0.717, 1.165) is 0 Å². The lowest BCUT2D eigenvalue weighted by molar-refractivity contribution is -0.121. The minimum absolute atomic E-state index is 0.0357. The van der Waals surface area contributed by atoms with Gasteiger partial charge in [-0.3, -0.25) is 9.59 Å². The van der Waals surface area contributed by atoms with Crippen molar-refractivity contribution in [2.24, 2.45) is 5.73 Å². The number of nitrogens with two attached hydrogens (primary N) is 1. The number of carbonyl (C=O) groups is 2. The summed E-state index contributed by atoms with van der Waals surface area (Å²) in [6, 6.07) is 4.62. The summed E-state index contributed by atoms with van der Waals surface area (Å²) in [6.07, 6.45) is 1.72. The van der Waals surface area contributed by atoms with Gasteiger partial charge in [0, 0.05) is 23.4 Å². The molecule has 112 valence electrons. The first-order chi connectivity index (χ1) is 9.87. The molecular weight excluding hydrogens is 313 g/mol. The van der Waals surface area contributed by atoms with E-state index in [4.69, 9.17) is 28.9 Å². The van der Waals surface area contributed by atoms with Crippen molar-refractivity contribution in [2.75, 3.05) is 0 Å². The van der Waals surface area contributed by atoms with Crippen molar-refractivity contribution in [3.8, 4) is 0 Å². The molecule has 0 radical (unpaired) electrons. The van der Waals surface area contributed by atoms with E-state index < -0.39 is 5.54 Å². The molecule has 21 heavy (non-hydrogen) atoms. The molecule has 1 aromatic carbocycles. The maximum atomic E-state index is 11.4. The molecule has 0 aromatic heterocycles. The van der Waals surface area contributed by atoms with Crippen molar-refractivity contribution in [3.63, 3.8) is 0 Å². The van der Waals surface area contributed by atoms with E-state index in [-0.39, 0.29) is 22.1 Å². The fourth-order valence-corrected chi connectivity index (χ4v) is 2.95. The fourth-order valence-electron chi connectivity index (χ4n) is 2.43. The molecule has 1 aromatic rings. The van der Waals surface area contributed by atoms with Crippen LogP contribution in [0.3, 0.4) is 0 Å². The number of hydrogen-bond acceptors (Lipinski definition) is 4. The Balaban J connectivity index is 2.46. The van der Waals surface area contributed by atoms with Gasteiger partial charge in [-0.2, -0.15) is 0 Å². The number of aliphatic hydroxyl groups is 1. The average Bonchev–Trinajstić information content (AvgIpc) is 2.45. The highest BCUT2D eigenvalue weighted by atomic mass is 35.5. The highest BCUT2D eigenvalue weighted by Gasteiger charge is 2.36. The number of halogens is 2. The van der Waals surface area contributed by atoms with E-state index in [0.29, 0.717) is 42.6 Å². The number of aldehydes is 1. The van der Waals surface area contributed by atoms with E-state index in [9.17, 15) is 14.7 Å². The molecule has 3 N–H and O–H groups in total. The van der Waals surface area contributed by atoms with Crippen LogP contribution in [0.25, 0.3) is 5.57 Å². The van der Waals surface area contributed by atoms with Crippen molar-refractivity contribution in [3.05, 3.63) is 39.6 Å². The number of carbonyl (C=O) groups excluding carboxylic acids is 2. The number of benzene rings is 1. The first-order valence-corrected chi connectivity index (χ1v) is 7.28. The Hall–Kier alpha value is -1.36. The fraction of sp³-hybridized carbons (Fsp3) is 0.333. The summed E-state index contributed by atoms with van der Waals surface area (Å²) in [5.41, 5.74) is 5.50. The van der Waals surface area contributed by atoms with Crippen LogP contribution in [0, 0.1) is 0 Å². The van der Waals surface area contributed by atoms with Crippen LogP contribution < -0.4 is 5.73 Å². The van der Waals surface area contributed by atoms with Gasteiger partial charge < -0.3 is 10.8 Å². The molecule has 0 atom stereocenters. The second-order valence-electron chi connectivity index (χ2n) is 5.20. The van der Waals surface area contributed by atoms with Gasteiger partial charge in [-0.1, -0.05) is 29.3 Å². The van der Waals surface area contributed by atoms with E-state index in [1.165, 1.54) is 6.07 Å². The van der Waals surface area contributed by atoms with Gasteiger partial charge in [0.1, 0.15) is 11.5 Å². The van der Waals surface area contributed by atoms with E-state index >= 15 is 0 Å². The third kappa shape index (κ3) is 3.28. The maximum absolute atomic E-state index is 11.4. The van der Waals surface area contributed by atoms with Crippen LogP contribution in [-0.4, -0.2) is 22.7 Å². The van der Waals surface area contributed by atoms with Gasteiger partial charge in [0.2, 0.25) is 0 Å². The van der Waals surface area contributed by atoms with Crippen molar-refractivity contribution in [1.82, 2.24) is 0 Å². The molecule has 0 bridgehead atoms. The average molecular weight is 328 g/mol. The second kappa shape index (κ2) is 6.18. The molecule has 0 spiro atoms. The zero-order valence-electron chi connectivity index (χ0n) is 11.2. The summed E-state index contributed by atoms with van der Waals surface area (Å²) < 4.78 is 0. The second-order valence-corrected chi connectivity index (χ2v) is 6.04. The van der Waals surface area contributed by atoms with Gasteiger partial charge in [-0.25, -0.2) is 0 Å². The van der Waals surface area contributed by atoms with Crippen LogP contribution in [0.1, 0.15) is 31.2 Å². The smallest absolute Gasteiger partial charge is 0.154 e. The predicted molar refractivity (Wildman–Crippen MR) is 82.5 cm³/mol. The summed E-state index contributed by atoms with van der Waals surface area (Å²) in [4.78, 5) is 22.7. The SMILES string of the molecule is NC1(/C(O)=C(\C=O)c2ccc(Cl)cc2Cl)CCC(=O)CC1. The van der Waals surface area contributed by atoms with Gasteiger partial charge in [0.25, 0.3) is 0 Å². The summed E-state index contributed by atoms with van der Waals surface area (Å²) >= 11 is 11.9. The van der Waals surface area contributed by atoms with E-state index in [1.54, 1.807) is 12.1 Å². The van der Waals surface area contributed by atoms with Crippen molar-refractivity contribution >= 4 is 40.8 Å². The predicted octanol–water partition coefficient (Wildman–Crippen LogP) is 3.30. The molecule has 1 saturated carbocycles. The Morgan fingerprint density at radius 1 is 1.29 bits per heavy atom. The van der Waals surface area contributed by atoms with E-state index in [2.05, 4.69) is 0 Å². The quantitative estimate of drug-likeness (QED) is 0.507. The number of Topliss-reactive ketones (excluding diaryl/α,β-unsaturated/α-hetero) is 1. The lowest BCUT2D eigenvalue weighted by Gasteiger charge is -2.33. The third-order valence-electron chi connectivity index (χ3n) is 3.77. The summed E-state index contributed by atoms with van der Waals surface area (Å²) in [5.74, 6) is -0.115. The zero-order valence-corrected chi connectivity index (χ0v) is 12.7. The van der Waals surface area contributed by atoms with Crippen molar-refractivity contribution in [1.29, 1.82) is 0 Å². The Bertz CT molecular complexity index is 615. The van der Waals surface area contributed by atoms with Crippen LogP contribution in [-0.2, 0) is 9.59 Å². The molecule has 6 heteroatoms. The van der Waals surface area contributed by atoms with Gasteiger partial charge in [-0.15, -0.1) is 0 Å². The number of hydrogen-bond donors (Lipinski definition) is 2. The van der Waals surface area contributed by atoms with Gasteiger partial charge in [-0.05, 0) is 25.0 Å². The third-order valence-corrected chi connectivity index (χ3v) is 4.31. The minimum Gasteiger partial charge on any atom is -0.510 e. The molecule has 1 aliphatic carbocycles. The molecule has 4 nitrogen and oxygen atoms in total. The molecular formula is C15H15Cl2NO3. The largest absolute Gasteiger partial charge is 0.510 e. The van der Waals surface area contributed by atoms with Crippen molar-refractivity contribution in [2.45, 2.75) is 31.2 Å². The summed E-state index contributed by atoms with van der Waals surface area (Å²) in [6.45, 7) is 0. The Morgan fingerprint density at radius 3 is 2.43 bits per heavy atom. The topological polar surface area (TPSA) is 80.4 Å². The first-order valence-electron chi connectivity index (χ1n) is 6.52. The highest BCUT2D eigenvalue weighted by molar-refractivity contribution is 6.36. The van der Waals surface area contributed by atoms with Crippen LogP contribution >= 0.6 is 23.2 Å². The van der Waals surface area contributed by atoms with Crippen LogP contribution in [0.4, 0.5) is 0 Å². The van der Waals surface area contributed by atoms with Crippen LogP contribution in [0.5, 0.6) is 0 Å². The summed E-state index contributed by atoms with van der Waals surface area (Å²) in [5, 5.41) is 11.1. The lowest BCUT2D eigenvalue weighted by atomic mass is 9.78.